The topological polar surface area (TPSA) is 88.2 Å². The third-order valence-corrected chi connectivity index (χ3v) is 7.17. The van der Waals surface area contributed by atoms with Gasteiger partial charge in [0.25, 0.3) is 5.82 Å². The van der Waals surface area contributed by atoms with Crippen molar-refractivity contribution >= 4 is 11.9 Å². The number of fused-ring (bicyclic) bond motifs is 5. The minimum atomic E-state index is -0.488. The Morgan fingerprint density at radius 2 is 1.85 bits per heavy atom. The van der Waals surface area contributed by atoms with Crippen LogP contribution in [0.3, 0.4) is 0 Å². The Labute approximate surface area is 152 Å². The van der Waals surface area contributed by atoms with Crippen LogP contribution in [0, 0.1) is 29.6 Å². The van der Waals surface area contributed by atoms with Gasteiger partial charge in [-0.25, -0.2) is 9.78 Å². The van der Waals surface area contributed by atoms with Gasteiger partial charge in [0.15, 0.2) is 0 Å². The lowest BCUT2D eigenvalue weighted by molar-refractivity contribution is -0.134. The van der Waals surface area contributed by atoms with Crippen molar-refractivity contribution < 1.29 is 14.3 Å². The number of likely N-dealkylation sites (tertiary alicyclic amines) is 1. The average Bonchev–Trinajstić information content (AvgIpc) is 3.03. The maximum Gasteiger partial charge on any atom is 0.378 e. The molecule has 4 fully saturated rings. The zero-order chi connectivity index (χ0) is 17.8. The Kier molecular flexibility index (Phi) is 3.79. The van der Waals surface area contributed by atoms with Crippen molar-refractivity contribution in [3.63, 3.8) is 0 Å². The number of hydrogen-bond acceptors (Lipinski definition) is 5. The predicted molar refractivity (Wildman–Crippen MR) is 92.2 cm³/mol. The highest BCUT2D eigenvalue weighted by atomic mass is 16.5. The van der Waals surface area contributed by atoms with Crippen molar-refractivity contribution in [2.75, 3.05) is 19.7 Å². The summed E-state index contributed by atoms with van der Waals surface area (Å²) in [7, 11) is 0. The SMILES string of the molecule is CCOC(=O)c1n[nH]c(C2CCN(C(=O)C3C4C5CCC(C5)C34)CC2)n1. The molecule has 2 heterocycles. The molecule has 1 amide bonds. The highest BCUT2D eigenvalue weighted by Gasteiger charge is 2.68. The van der Waals surface area contributed by atoms with E-state index in [0.717, 1.165) is 43.6 Å². The fraction of sp³-hybridized carbons (Fsp3) is 0.789. The molecule has 4 atom stereocenters. The molecular weight excluding hydrogens is 332 g/mol. The van der Waals surface area contributed by atoms with E-state index in [1.165, 1.54) is 19.3 Å². The number of rotatable bonds is 4. The number of hydrogen-bond donors (Lipinski definition) is 1. The normalized spacial score (nSPS) is 35.4. The average molecular weight is 358 g/mol. The minimum absolute atomic E-state index is 0.0987. The fourth-order valence-corrected chi connectivity index (χ4v) is 5.98. The summed E-state index contributed by atoms with van der Waals surface area (Å²) in [6, 6.07) is 0. The maximum atomic E-state index is 12.9. The number of nitrogens with zero attached hydrogens (tertiary/aromatic N) is 3. The molecule has 1 saturated heterocycles. The molecule has 140 valence electrons. The summed E-state index contributed by atoms with van der Waals surface area (Å²) >= 11 is 0. The van der Waals surface area contributed by atoms with Gasteiger partial charge in [0.05, 0.1) is 6.61 Å². The van der Waals surface area contributed by atoms with Crippen molar-refractivity contribution in [1.29, 1.82) is 0 Å². The molecule has 0 radical (unpaired) electrons. The second-order valence-corrected chi connectivity index (χ2v) is 8.38. The Bertz CT molecular complexity index is 708. The van der Waals surface area contributed by atoms with E-state index in [0.29, 0.717) is 30.3 Å². The monoisotopic (exact) mass is 358 g/mol. The Balaban J connectivity index is 1.17. The van der Waals surface area contributed by atoms with Gasteiger partial charge in [0.1, 0.15) is 5.82 Å². The van der Waals surface area contributed by atoms with Crippen molar-refractivity contribution in [2.24, 2.45) is 29.6 Å². The highest BCUT2D eigenvalue weighted by Crippen LogP contribution is 2.69. The van der Waals surface area contributed by atoms with E-state index < -0.39 is 5.97 Å². The van der Waals surface area contributed by atoms with Crippen LogP contribution in [0.4, 0.5) is 0 Å². The summed E-state index contributed by atoms with van der Waals surface area (Å²) < 4.78 is 4.93. The van der Waals surface area contributed by atoms with Crippen molar-refractivity contribution in [1.82, 2.24) is 20.1 Å². The fourth-order valence-electron chi connectivity index (χ4n) is 5.98. The number of H-pyrrole nitrogens is 1. The van der Waals surface area contributed by atoms with Crippen LogP contribution in [0.15, 0.2) is 0 Å². The maximum absolute atomic E-state index is 12.9. The van der Waals surface area contributed by atoms with Gasteiger partial charge in [0, 0.05) is 24.9 Å². The summed E-state index contributed by atoms with van der Waals surface area (Å²) in [5.41, 5.74) is 0. The predicted octanol–water partition coefficient (Wildman–Crippen LogP) is 1.98. The second kappa shape index (κ2) is 6.06. The quantitative estimate of drug-likeness (QED) is 0.832. The number of carbonyl (C=O) groups is 2. The number of piperidine rings is 1. The van der Waals surface area contributed by atoms with Crippen LogP contribution >= 0.6 is 0 Å². The standard InChI is InChI=1S/C19H26N4O3/c1-2-26-19(25)17-20-16(21-22-17)10-5-7-23(8-6-10)18(24)15-13-11-3-4-12(9-11)14(13)15/h10-15H,2-9H2,1H3,(H,20,21,22). The summed E-state index contributed by atoms with van der Waals surface area (Å²) in [5.74, 6) is 4.41. The molecule has 26 heavy (non-hydrogen) atoms. The zero-order valence-corrected chi connectivity index (χ0v) is 15.2. The van der Waals surface area contributed by atoms with Crippen LogP contribution in [0.2, 0.25) is 0 Å². The van der Waals surface area contributed by atoms with E-state index in [9.17, 15) is 9.59 Å². The van der Waals surface area contributed by atoms with E-state index in [-0.39, 0.29) is 11.7 Å². The van der Waals surface area contributed by atoms with Crippen LogP contribution in [0.5, 0.6) is 0 Å². The number of amides is 1. The van der Waals surface area contributed by atoms with Gasteiger partial charge < -0.3 is 9.64 Å². The van der Waals surface area contributed by atoms with E-state index >= 15 is 0 Å². The van der Waals surface area contributed by atoms with Gasteiger partial charge in [-0.05, 0) is 62.7 Å². The van der Waals surface area contributed by atoms with E-state index in [1.807, 2.05) is 0 Å². The first kappa shape index (κ1) is 16.3. The second-order valence-electron chi connectivity index (χ2n) is 8.38. The van der Waals surface area contributed by atoms with Crippen molar-refractivity contribution in [3.8, 4) is 0 Å². The lowest BCUT2D eigenvalue weighted by Gasteiger charge is -2.31. The van der Waals surface area contributed by atoms with Gasteiger partial charge in [-0.2, -0.15) is 0 Å². The molecule has 1 N–H and O–H groups in total. The molecule has 4 aliphatic rings. The van der Waals surface area contributed by atoms with Crippen LogP contribution in [0.25, 0.3) is 0 Å². The molecule has 1 aromatic heterocycles. The molecule has 1 aliphatic heterocycles. The number of aromatic nitrogens is 3. The number of carbonyl (C=O) groups excluding carboxylic acids is 2. The molecule has 5 rings (SSSR count). The molecule has 0 spiro atoms. The number of esters is 1. The smallest absolute Gasteiger partial charge is 0.378 e. The molecule has 7 nitrogen and oxygen atoms in total. The van der Waals surface area contributed by atoms with Crippen LogP contribution < -0.4 is 0 Å². The number of ether oxygens (including phenoxy) is 1. The Morgan fingerprint density at radius 1 is 1.15 bits per heavy atom. The van der Waals surface area contributed by atoms with Crippen molar-refractivity contribution in [2.45, 2.75) is 44.9 Å². The Hall–Kier alpha value is -1.92. The Morgan fingerprint density at radius 3 is 2.50 bits per heavy atom. The van der Waals surface area contributed by atoms with E-state index in [1.54, 1.807) is 6.92 Å². The van der Waals surface area contributed by atoms with Gasteiger partial charge in [0.2, 0.25) is 5.91 Å². The lowest BCUT2D eigenvalue weighted by Crippen LogP contribution is -2.40. The zero-order valence-electron chi connectivity index (χ0n) is 15.2. The largest absolute Gasteiger partial charge is 0.460 e. The van der Waals surface area contributed by atoms with Crippen molar-refractivity contribution in [3.05, 3.63) is 11.6 Å². The molecule has 7 heteroatoms. The highest BCUT2D eigenvalue weighted by molar-refractivity contribution is 5.85. The third kappa shape index (κ3) is 2.47. The summed E-state index contributed by atoms with van der Waals surface area (Å²) in [4.78, 5) is 31.0. The number of aromatic amines is 1. The van der Waals surface area contributed by atoms with Gasteiger partial charge in [-0.3, -0.25) is 9.89 Å². The van der Waals surface area contributed by atoms with E-state index in [4.69, 9.17) is 4.74 Å². The van der Waals surface area contributed by atoms with E-state index in [2.05, 4.69) is 20.1 Å². The molecular formula is C19H26N4O3. The van der Waals surface area contributed by atoms with Crippen LogP contribution in [-0.4, -0.2) is 51.7 Å². The summed E-state index contributed by atoms with van der Waals surface area (Å²) in [6.45, 7) is 3.64. The van der Waals surface area contributed by atoms with Crippen LogP contribution in [0.1, 0.15) is 61.4 Å². The molecule has 0 aromatic carbocycles. The van der Waals surface area contributed by atoms with Gasteiger partial charge in [-0.1, -0.05) is 0 Å². The van der Waals surface area contributed by atoms with Crippen LogP contribution in [-0.2, 0) is 9.53 Å². The third-order valence-electron chi connectivity index (χ3n) is 7.17. The van der Waals surface area contributed by atoms with Gasteiger partial charge in [-0.15, -0.1) is 5.10 Å². The lowest BCUT2D eigenvalue weighted by atomic mass is 9.95. The summed E-state index contributed by atoms with van der Waals surface area (Å²) in [6.07, 6.45) is 5.84. The molecule has 2 bridgehead atoms. The number of nitrogens with one attached hydrogen (secondary N) is 1. The minimum Gasteiger partial charge on any atom is -0.460 e. The molecule has 4 unspecified atom stereocenters. The first-order valence-electron chi connectivity index (χ1n) is 10.1. The molecule has 1 aromatic rings. The molecule has 3 saturated carbocycles. The first-order chi connectivity index (χ1) is 12.7. The summed E-state index contributed by atoms with van der Waals surface area (Å²) in [5, 5.41) is 6.85. The first-order valence-corrected chi connectivity index (χ1v) is 10.1. The molecule has 3 aliphatic carbocycles. The van der Waals surface area contributed by atoms with Gasteiger partial charge >= 0.3 is 5.97 Å².